The smallest absolute Gasteiger partial charge is 0.273 e. The van der Waals surface area contributed by atoms with Crippen molar-refractivity contribution in [1.82, 2.24) is 14.8 Å². The van der Waals surface area contributed by atoms with Gasteiger partial charge in [-0.3, -0.25) is 9.69 Å². The van der Waals surface area contributed by atoms with Crippen molar-refractivity contribution < 1.29 is 9.53 Å². The van der Waals surface area contributed by atoms with E-state index >= 15 is 0 Å². The molecule has 5 nitrogen and oxygen atoms in total. The van der Waals surface area contributed by atoms with Gasteiger partial charge < -0.3 is 9.64 Å². The van der Waals surface area contributed by atoms with Gasteiger partial charge in [0.05, 0.1) is 11.6 Å². The minimum atomic E-state index is 0.0985. The van der Waals surface area contributed by atoms with Gasteiger partial charge in [-0.2, -0.15) is 0 Å². The summed E-state index contributed by atoms with van der Waals surface area (Å²) in [5, 5.41) is 2.84. The molecule has 3 rings (SSSR count). The lowest BCUT2D eigenvalue weighted by Gasteiger charge is -2.39. The Morgan fingerprint density at radius 1 is 1.46 bits per heavy atom. The molecule has 0 aromatic carbocycles. The molecule has 1 spiro atoms. The van der Waals surface area contributed by atoms with Crippen LogP contribution in [-0.4, -0.2) is 66.1 Å². The fourth-order valence-corrected chi connectivity index (χ4v) is 4.91. The van der Waals surface area contributed by atoms with E-state index in [1.165, 1.54) is 6.42 Å². The van der Waals surface area contributed by atoms with Crippen LogP contribution in [0.15, 0.2) is 5.38 Å². The number of likely N-dealkylation sites (tertiary alicyclic amines) is 2. The van der Waals surface area contributed by atoms with Crippen molar-refractivity contribution in [2.45, 2.75) is 52.1 Å². The highest BCUT2D eigenvalue weighted by molar-refractivity contribution is 7.09. The fraction of sp³-hybridized carbons (Fsp3) is 0.778. The van der Waals surface area contributed by atoms with Crippen molar-refractivity contribution in [3.05, 3.63) is 16.1 Å². The Hall–Kier alpha value is -0.980. The second kappa shape index (κ2) is 7.10. The lowest BCUT2D eigenvalue weighted by Crippen LogP contribution is -2.45. The van der Waals surface area contributed by atoms with E-state index in [1.54, 1.807) is 18.4 Å². The molecule has 6 heteroatoms. The first kappa shape index (κ1) is 17.8. The minimum Gasteiger partial charge on any atom is -0.383 e. The summed E-state index contributed by atoms with van der Waals surface area (Å²) in [5.41, 5.74) is 0.961. The first-order chi connectivity index (χ1) is 11.4. The van der Waals surface area contributed by atoms with Crippen LogP contribution in [0.3, 0.4) is 0 Å². The monoisotopic (exact) mass is 351 g/mol. The molecule has 2 aliphatic rings. The first-order valence-corrected chi connectivity index (χ1v) is 9.78. The van der Waals surface area contributed by atoms with Crippen LogP contribution in [0.2, 0.25) is 0 Å². The van der Waals surface area contributed by atoms with Gasteiger partial charge in [-0.1, -0.05) is 0 Å². The highest BCUT2D eigenvalue weighted by atomic mass is 32.1. The van der Waals surface area contributed by atoms with Gasteiger partial charge in [0, 0.05) is 44.2 Å². The van der Waals surface area contributed by atoms with Crippen molar-refractivity contribution >= 4 is 17.2 Å². The van der Waals surface area contributed by atoms with Gasteiger partial charge in [-0.15, -0.1) is 11.3 Å². The summed E-state index contributed by atoms with van der Waals surface area (Å²) >= 11 is 1.55. The third kappa shape index (κ3) is 3.51. The number of nitrogens with zero attached hydrogens (tertiary/aromatic N) is 3. The summed E-state index contributed by atoms with van der Waals surface area (Å²) in [6.07, 6.45) is 3.37. The Bertz CT molecular complexity index is 579. The normalized spacial score (nSPS) is 24.2. The summed E-state index contributed by atoms with van der Waals surface area (Å²) < 4.78 is 5.45. The van der Waals surface area contributed by atoms with Crippen molar-refractivity contribution in [2.24, 2.45) is 5.41 Å². The average Bonchev–Trinajstić information content (AvgIpc) is 3.13. The highest BCUT2D eigenvalue weighted by Crippen LogP contribution is 2.44. The van der Waals surface area contributed by atoms with E-state index in [0.29, 0.717) is 23.2 Å². The molecule has 2 fully saturated rings. The molecular weight excluding hydrogens is 322 g/mol. The molecular formula is C18H29N3O2S. The number of thiazole rings is 1. The number of ether oxygens (including phenoxy) is 1. The molecule has 3 heterocycles. The van der Waals surface area contributed by atoms with E-state index in [1.807, 2.05) is 17.2 Å². The molecule has 0 bridgehead atoms. The van der Waals surface area contributed by atoms with Crippen molar-refractivity contribution in [2.75, 3.05) is 33.4 Å². The summed E-state index contributed by atoms with van der Waals surface area (Å²) in [7, 11) is 1.79. The second-order valence-electron chi connectivity index (χ2n) is 7.62. The Labute approximate surface area is 149 Å². The maximum absolute atomic E-state index is 12.6. The molecule has 0 aliphatic carbocycles. The number of rotatable bonds is 4. The van der Waals surface area contributed by atoms with E-state index in [2.05, 4.69) is 23.7 Å². The van der Waals surface area contributed by atoms with Crippen LogP contribution < -0.4 is 0 Å². The lowest BCUT2D eigenvalue weighted by molar-refractivity contribution is 0.0577. The number of aryl methyl sites for hydroxylation is 1. The fourth-order valence-electron chi connectivity index (χ4n) is 4.32. The number of hydrogen-bond donors (Lipinski definition) is 0. The number of amides is 1. The van der Waals surface area contributed by atoms with Crippen molar-refractivity contribution in [3.63, 3.8) is 0 Å². The Morgan fingerprint density at radius 2 is 2.17 bits per heavy atom. The SMILES string of the molecule is COCC1CC2(CCN(C(=O)c3csc(C)n3)CC2)CN1C(C)C. The number of piperidine rings is 1. The van der Waals surface area contributed by atoms with E-state index in [-0.39, 0.29) is 5.91 Å². The van der Waals surface area contributed by atoms with Crippen LogP contribution in [0.1, 0.15) is 48.6 Å². The molecule has 1 aromatic rings. The van der Waals surface area contributed by atoms with Crippen LogP contribution in [-0.2, 0) is 4.74 Å². The van der Waals surface area contributed by atoms with E-state index < -0.39 is 0 Å². The second-order valence-corrected chi connectivity index (χ2v) is 8.69. The molecule has 24 heavy (non-hydrogen) atoms. The number of methoxy groups -OCH3 is 1. The predicted octanol–water partition coefficient (Wildman–Crippen LogP) is 2.80. The Kier molecular flexibility index (Phi) is 5.27. The number of carbonyl (C=O) groups is 1. The quantitative estimate of drug-likeness (QED) is 0.837. The Balaban J connectivity index is 1.63. The van der Waals surface area contributed by atoms with Gasteiger partial charge >= 0.3 is 0 Å². The van der Waals surface area contributed by atoms with Gasteiger partial charge in [0.25, 0.3) is 5.91 Å². The molecule has 1 unspecified atom stereocenters. The van der Waals surface area contributed by atoms with Crippen LogP contribution >= 0.6 is 11.3 Å². The predicted molar refractivity (Wildman–Crippen MR) is 96.5 cm³/mol. The topological polar surface area (TPSA) is 45.7 Å². The molecule has 2 aliphatic heterocycles. The van der Waals surface area contributed by atoms with Gasteiger partial charge in [0.2, 0.25) is 0 Å². The number of carbonyl (C=O) groups excluding carboxylic acids is 1. The standard InChI is InChI=1S/C18H29N3O2S/c1-13(2)21-12-18(9-15(21)10-23-4)5-7-20(8-6-18)17(22)16-11-24-14(3)19-16/h11,13,15H,5-10,12H2,1-4H3. The van der Waals surface area contributed by atoms with Crippen molar-refractivity contribution in [1.29, 1.82) is 0 Å². The van der Waals surface area contributed by atoms with Crippen LogP contribution in [0, 0.1) is 12.3 Å². The average molecular weight is 352 g/mol. The molecule has 0 N–H and O–H groups in total. The first-order valence-electron chi connectivity index (χ1n) is 8.90. The maximum Gasteiger partial charge on any atom is 0.273 e. The van der Waals surface area contributed by atoms with Gasteiger partial charge in [-0.05, 0) is 45.4 Å². The van der Waals surface area contributed by atoms with E-state index in [4.69, 9.17) is 4.74 Å². The van der Waals surface area contributed by atoms with E-state index in [9.17, 15) is 4.79 Å². The van der Waals surface area contributed by atoms with E-state index in [0.717, 1.165) is 44.1 Å². The summed E-state index contributed by atoms with van der Waals surface area (Å²) in [6, 6.07) is 1.06. The zero-order chi connectivity index (χ0) is 17.3. The van der Waals surface area contributed by atoms with Crippen molar-refractivity contribution in [3.8, 4) is 0 Å². The maximum atomic E-state index is 12.6. The lowest BCUT2D eigenvalue weighted by atomic mass is 9.76. The third-order valence-corrected chi connectivity index (χ3v) is 6.40. The van der Waals surface area contributed by atoms with Gasteiger partial charge in [0.15, 0.2) is 0 Å². The summed E-state index contributed by atoms with van der Waals surface area (Å²) in [4.78, 5) is 21.5. The summed E-state index contributed by atoms with van der Waals surface area (Å²) in [5.74, 6) is 0.0985. The van der Waals surface area contributed by atoms with Gasteiger partial charge in [0.1, 0.15) is 5.69 Å². The molecule has 134 valence electrons. The molecule has 1 amide bonds. The number of aromatic nitrogens is 1. The summed E-state index contributed by atoms with van der Waals surface area (Å²) in [6.45, 7) is 10.1. The van der Waals surface area contributed by atoms with Crippen LogP contribution in [0.5, 0.6) is 0 Å². The molecule has 0 radical (unpaired) electrons. The zero-order valence-electron chi connectivity index (χ0n) is 15.2. The molecule has 0 saturated carbocycles. The third-order valence-electron chi connectivity index (χ3n) is 5.63. The van der Waals surface area contributed by atoms with Crippen LogP contribution in [0.4, 0.5) is 0 Å². The zero-order valence-corrected chi connectivity index (χ0v) is 16.1. The number of hydrogen-bond acceptors (Lipinski definition) is 5. The largest absolute Gasteiger partial charge is 0.383 e. The Morgan fingerprint density at radius 3 is 2.71 bits per heavy atom. The minimum absolute atomic E-state index is 0.0985. The van der Waals surface area contributed by atoms with Crippen LogP contribution in [0.25, 0.3) is 0 Å². The molecule has 1 atom stereocenters. The molecule has 2 saturated heterocycles. The molecule has 1 aromatic heterocycles. The highest BCUT2D eigenvalue weighted by Gasteiger charge is 2.46. The van der Waals surface area contributed by atoms with Gasteiger partial charge in [-0.25, -0.2) is 4.98 Å².